The predicted octanol–water partition coefficient (Wildman–Crippen LogP) is 3.98. The Kier molecular flexibility index (Phi) is 4.12. The summed E-state index contributed by atoms with van der Waals surface area (Å²) < 4.78 is 0. The highest BCUT2D eigenvalue weighted by molar-refractivity contribution is 5.49. The molecule has 1 rings (SSSR count). The second kappa shape index (κ2) is 4.96. The van der Waals surface area contributed by atoms with Gasteiger partial charge in [0, 0.05) is 6.42 Å². The maximum atomic E-state index is 10.4. The summed E-state index contributed by atoms with van der Waals surface area (Å²) in [4.78, 5) is 10.4. The molecule has 15 heavy (non-hydrogen) atoms. The third-order valence-corrected chi connectivity index (χ3v) is 3.63. The smallest absolute Gasteiger partial charge is 0.120 e. The molecule has 1 aliphatic rings. The number of hydrogen-bond acceptors (Lipinski definition) is 1. The second-order valence-corrected chi connectivity index (χ2v) is 5.90. The molecule has 0 heterocycles. The van der Waals surface area contributed by atoms with Crippen molar-refractivity contribution < 1.29 is 4.79 Å². The fraction of sp³-hybridized carbons (Fsp3) is 0.786. The molecule has 0 saturated carbocycles. The molecule has 2 atom stereocenters. The van der Waals surface area contributed by atoms with Gasteiger partial charge in [0.15, 0.2) is 0 Å². The van der Waals surface area contributed by atoms with E-state index in [4.69, 9.17) is 0 Å². The first-order chi connectivity index (χ1) is 6.95. The van der Waals surface area contributed by atoms with E-state index >= 15 is 0 Å². The van der Waals surface area contributed by atoms with Crippen molar-refractivity contribution in [2.45, 2.75) is 53.4 Å². The van der Waals surface area contributed by atoms with E-state index in [0.29, 0.717) is 5.41 Å². The highest BCUT2D eigenvalue weighted by Gasteiger charge is 2.27. The molecular formula is C14H24O. The van der Waals surface area contributed by atoms with Crippen LogP contribution < -0.4 is 0 Å². The van der Waals surface area contributed by atoms with E-state index in [1.54, 1.807) is 5.57 Å². The summed E-state index contributed by atoms with van der Waals surface area (Å²) in [6.45, 7) is 9.19. The molecule has 1 heteroatoms. The molecule has 2 unspecified atom stereocenters. The quantitative estimate of drug-likeness (QED) is 0.506. The first-order valence-corrected chi connectivity index (χ1v) is 6.08. The lowest BCUT2D eigenvalue weighted by atomic mass is 9.72. The van der Waals surface area contributed by atoms with Gasteiger partial charge in [0.25, 0.3) is 0 Å². The van der Waals surface area contributed by atoms with Crippen molar-refractivity contribution in [2.75, 3.05) is 0 Å². The van der Waals surface area contributed by atoms with Crippen molar-refractivity contribution in [1.82, 2.24) is 0 Å². The fourth-order valence-electron chi connectivity index (χ4n) is 2.42. The van der Waals surface area contributed by atoms with Crippen LogP contribution in [0.1, 0.15) is 53.4 Å². The number of carbonyl (C=O) groups excluding carboxylic acids is 1. The molecule has 0 saturated heterocycles. The van der Waals surface area contributed by atoms with Gasteiger partial charge in [-0.05, 0) is 36.5 Å². The van der Waals surface area contributed by atoms with Crippen LogP contribution in [-0.4, -0.2) is 6.29 Å². The molecule has 0 N–H and O–H groups in total. The number of allylic oxidation sites excluding steroid dienone is 2. The normalized spacial score (nSPS) is 27.3. The molecule has 0 aromatic rings. The number of carbonyl (C=O) groups is 1. The van der Waals surface area contributed by atoms with Crippen molar-refractivity contribution in [3.8, 4) is 0 Å². The van der Waals surface area contributed by atoms with Gasteiger partial charge in [-0.2, -0.15) is 0 Å². The third kappa shape index (κ3) is 3.48. The average molecular weight is 208 g/mol. The average Bonchev–Trinajstić information content (AvgIpc) is 2.14. The van der Waals surface area contributed by atoms with Crippen molar-refractivity contribution >= 4 is 6.29 Å². The Hall–Kier alpha value is -0.590. The Morgan fingerprint density at radius 2 is 2.13 bits per heavy atom. The van der Waals surface area contributed by atoms with Crippen molar-refractivity contribution in [2.24, 2.45) is 17.3 Å². The van der Waals surface area contributed by atoms with E-state index in [0.717, 1.165) is 31.0 Å². The minimum atomic E-state index is 0.323. The SMILES string of the molecule is CC1CC(C(C)(C)C)=CCC1CCC=O. The molecule has 1 aliphatic carbocycles. The van der Waals surface area contributed by atoms with E-state index in [2.05, 4.69) is 33.8 Å². The zero-order valence-corrected chi connectivity index (χ0v) is 10.5. The zero-order chi connectivity index (χ0) is 11.5. The van der Waals surface area contributed by atoms with Crippen molar-refractivity contribution in [3.05, 3.63) is 11.6 Å². The third-order valence-electron chi connectivity index (χ3n) is 3.63. The molecule has 0 aromatic carbocycles. The minimum absolute atomic E-state index is 0.323. The Labute approximate surface area is 93.9 Å². The van der Waals surface area contributed by atoms with Crippen LogP contribution in [0, 0.1) is 17.3 Å². The summed E-state index contributed by atoms with van der Waals surface area (Å²) >= 11 is 0. The van der Waals surface area contributed by atoms with E-state index in [-0.39, 0.29) is 0 Å². The monoisotopic (exact) mass is 208 g/mol. The maximum absolute atomic E-state index is 10.4. The summed E-state index contributed by atoms with van der Waals surface area (Å²) in [5, 5.41) is 0. The van der Waals surface area contributed by atoms with Gasteiger partial charge in [-0.1, -0.05) is 39.3 Å². The van der Waals surface area contributed by atoms with Crippen LogP contribution in [0.4, 0.5) is 0 Å². The summed E-state index contributed by atoms with van der Waals surface area (Å²) in [6, 6.07) is 0. The zero-order valence-electron chi connectivity index (χ0n) is 10.5. The van der Waals surface area contributed by atoms with Crippen LogP contribution in [0.25, 0.3) is 0 Å². The van der Waals surface area contributed by atoms with Gasteiger partial charge in [0.05, 0.1) is 0 Å². The summed E-state index contributed by atoms with van der Waals surface area (Å²) in [5.41, 5.74) is 1.92. The molecule has 0 bridgehead atoms. The van der Waals surface area contributed by atoms with Crippen LogP contribution in [-0.2, 0) is 4.79 Å². The molecule has 0 fully saturated rings. The lowest BCUT2D eigenvalue weighted by Gasteiger charge is -2.34. The Balaban J connectivity index is 2.58. The van der Waals surface area contributed by atoms with E-state index in [1.165, 1.54) is 12.8 Å². The van der Waals surface area contributed by atoms with Crippen LogP contribution in [0.3, 0.4) is 0 Å². The van der Waals surface area contributed by atoms with Gasteiger partial charge in [-0.25, -0.2) is 0 Å². The molecule has 0 aliphatic heterocycles. The van der Waals surface area contributed by atoms with Gasteiger partial charge in [-0.15, -0.1) is 0 Å². The van der Waals surface area contributed by atoms with Crippen LogP contribution in [0.2, 0.25) is 0 Å². The highest BCUT2D eigenvalue weighted by atomic mass is 16.1. The lowest BCUT2D eigenvalue weighted by Crippen LogP contribution is -2.22. The number of hydrogen-bond donors (Lipinski definition) is 0. The van der Waals surface area contributed by atoms with Gasteiger partial charge in [0.2, 0.25) is 0 Å². The number of rotatable bonds is 3. The molecule has 0 radical (unpaired) electrons. The van der Waals surface area contributed by atoms with Gasteiger partial charge in [-0.3, -0.25) is 0 Å². The minimum Gasteiger partial charge on any atom is -0.303 e. The molecule has 0 spiro atoms. The van der Waals surface area contributed by atoms with E-state index in [9.17, 15) is 4.79 Å². The van der Waals surface area contributed by atoms with E-state index < -0.39 is 0 Å². The van der Waals surface area contributed by atoms with Crippen LogP contribution in [0.15, 0.2) is 11.6 Å². The van der Waals surface area contributed by atoms with Gasteiger partial charge in [0.1, 0.15) is 6.29 Å². The highest BCUT2D eigenvalue weighted by Crippen LogP contribution is 2.39. The fourth-order valence-corrected chi connectivity index (χ4v) is 2.42. The summed E-state index contributed by atoms with van der Waals surface area (Å²) in [7, 11) is 0. The van der Waals surface area contributed by atoms with Gasteiger partial charge < -0.3 is 4.79 Å². The first kappa shape index (κ1) is 12.5. The van der Waals surface area contributed by atoms with Crippen LogP contribution >= 0.6 is 0 Å². The standard InChI is InChI=1S/C14H24O/c1-11-10-13(14(2,3)4)8-7-12(11)6-5-9-15/h8-9,11-12H,5-7,10H2,1-4H3. The maximum Gasteiger partial charge on any atom is 0.120 e. The predicted molar refractivity (Wildman–Crippen MR) is 64.7 cm³/mol. The summed E-state index contributed by atoms with van der Waals surface area (Å²) in [5.74, 6) is 1.46. The molecule has 86 valence electrons. The van der Waals surface area contributed by atoms with Crippen molar-refractivity contribution in [3.63, 3.8) is 0 Å². The van der Waals surface area contributed by atoms with Crippen LogP contribution in [0.5, 0.6) is 0 Å². The molecule has 1 nitrogen and oxygen atoms in total. The Morgan fingerprint density at radius 3 is 2.60 bits per heavy atom. The van der Waals surface area contributed by atoms with Crippen molar-refractivity contribution in [1.29, 1.82) is 0 Å². The van der Waals surface area contributed by atoms with Gasteiger partial charge >= 0.3 is 0 Å². The number of aldehydes is 1. The topological polar surface area (TPSA) is 17.1 Å². The Morgan fingerprint density at radius 1 is 1.47 bits per heavy atom. The Bertz CT molecular complexity index is 245. The van der Waals surface area contributed by atoms with E-state index in [1.807, 2.05) is 0 Å². The summed E-state index contributed by atoms with van der Waals surface area (Å²) in [6.07, 6.45) is 7.64. The molecule has 0 aromatic heterocycles. The molecule has 0 amide bonds. The molecular weight excluding hydrogens is 184 g/mol. The first-order valence-electron chi connectivity index (χ1n) is 6.08. The largest absolute Gasteiger partial charge is 0.303 e. The lowest BCUT2D eigenvalue weighted by molar-refractivity contribution is -0.108. The second-order valence-electron chi connectivity index (χ2n) is 5.90.